The van der Waals surface area contributed by atoms with E-state index in [9.17, 15) is 0 Å². The van der Waals surface area contributed by atoms with E-state index in [0.29, 0.717) is 16.5 Å². The van der Waals surface area contributed by atoms with Crippen LogP contribution in [-0.2, 0) is 0 Å². The molecular formula is C12H10ClNOS. The number of hydrogen-bond acceptors (Lipinski definition) is 3. The maximum absolute atomic E-state index is 5.98. The van der Waals surface area contributed by atoms with Crippen LogP contribution >= 0.6 is 23.6 Å². The lowest BCUT2D eigenvalue weighted by Crippen LogP contribution is -1.87. The molecule has 0 atom stereocenters. The molecule has 0 aliphatic heterocycles. The van der Waals surface area contributed by atoms with Crippen LogP contribution in [0.15, 0.2) is 53.4 Å². The van der Waals surface area contributed by atoms with Gasteiger partial charge in [-0.3, -0.25) is 0 Å². The van der Waals surface area contributed by atoms with Gasteiger partial charge in [0.15, 0.2) is 5.75 Å². The summed E-state index contributed by atoms with van der Waals surface area (Å²) in [7, 11) is 0. The molecule has 0 unspecified atom stereocenters. The quantitative estimate of drug-likeness (QED) is 0.661. The maximum Gasteiger partial charge on any atom is 0.156 e. The van der Waals surface area contributed by atoms with E-state index < -0.39 is 0 Å². The van der Waals surface area contributed by atoms with Gasteiger partial charge in [0, 0.05) is 10.6 Å². The van der Waals surface area contributed by atoms with Gasteiger partial charge in [0.2, 0.25) is 0 Å². The Morgan fingerprint density at radius 3 is 2.50 bits per heavy atom. The Kier molecular flexibility index (Phi) is 3.59. The second-order valence-electron chi connectivity index (χ2n) is 3.17. The van der Waals surface area contributed by atoms with Crippen molar-refractivity contribution in [1.29, 1.82) is 0 Å². The summed E-state index contributed by atoms with van der Waals surface area (Å²) in [4.78, 5) is 1.02. The van der Waals surface area contributed by atoms with Crippen molar-refractivity contribution in [2.75, 3.05) is 5.73 Å². The second-order valence-corrected chi connectivity index (χ2v) is 4.38. The summed E-state index contributed by atoms with van der Waals surface area (Å²) >= 11 is 7.25. The zero-order chi connectivity index (χ0) is 11.4. The molecule has 0 aliphatic carbocycles. The molecule has 2 aromatic rings. The highest BCUT2D eigenvalue weighted by Gasteiger charge is 2.03. The summed E-state index contributed by atoms with van der Waals surface area (Å²) in [6.45, 7) is 0. The molecule has 0 heterocycles. The minimum absolute atomic E-state index is 0.517. The molecule has 0 radical (unpaired) electrons. The first-order valence-corrected chi connectivity index (χ1v) is 5.82. The first-order valence-electron chi connectivity index (χ1n) is 4.70. The van der Waals surface area contributed by atoms with Gasteiger partial charge >= 0.3 is 0 Å². The Labute approximate surface area is 104 Å². The molecule has 0 aliphatic rings. The predicted octanol–water partition coefficient (Wildman–Crippen LogP) is 4.01. The largest absolute Gasteiger partial charge is 0.419 e. The molecule has 16 heavy (non-hydrogen) atoms. The molecule has 0 saturated carbocycles. The molecule has 2 aromatic carbocycles. The van der Waals surface area contributed by atoms with Crippen molar-refractivity contribution in [2.45, 2.75) is 4.90 Å². The Balaban J connectivity index is 2.05. The molecule has 4 heteroatoms. The average molecular weight is 252 g/mol. The highest BCUT2D eigenvalue weighted by Crippen LogP contribution is 2.31. The number of benzene rings is 2. The summed E-state index contributed by atoms with van der Waals surface area (Å²) in [5.74, 6) is 0.615. The fourth-order valence-electron chi connectivity index (χ4n) is 1.15. The number of anilines is 1. The lowest BCUT2D eigenvalue weighted by Gasteiger charge is -2.06. The molecule has 0 fully saturated rings. The molecule has 0 saturated heterocycles. The van der Waals surface area contributed by atoms with Crippen LogP contribution in [0.3, 0.4) is 0 Å². The number of hydrogen-bond donors (Lipinski definition) is 1. The SMILES string of the molecule is Nc1ccc(OSc2ccccc2)c(Cl)c1. The number of halogens is 1. The smallest absolute Gasteiger partial charge is 0.156 e. The van der Waals surface area contributed by atoms with Crippen molar-refractivity contribution < 1.29 is 4.18 Å². The fourth-order valence-corrected chi connectivity index (χ4v) is 2.03. The maximum atomic E-state index is 5.98. The number of nitrogens with two attached hydrogens (primary N) is 1. The Hall–Kier alpha value is -1.32. The Bertz CT molecular complexity index is 476. The van der Waals surface area contributed by atoms with E-state index in [-0.39, 0.29) is 0 Å². The Morgan fingerprint density at radius 1 is 1.06 bits per heavy atom. The van der Waals surface area contributed by atoms with Crippen molar-refractivity contribution >= 4 is 29.3 Å². The van der Waals surface area contributed by atoms with Gasteiger partial charge in [0.25, 0.3) is 0 Å². The van der Waals surface area contributed by atoms with E-state index in [1.807, 2.05) is 30.3 Å². The van der Waals surface area contributed by atoms with Gasteiger partial charge < -0.3 is 9.92 Å². The van der Waals surface area contributed by atoms with Crippen LogP contribution in [0.25, 0.3) is 0 Å². The van der Waals surface area contributed by atoms with E-state index in [2.05, 4.69) is 0 Å². The van der Waals surface area contributed by atoms with Crippen LogP contribution in [0.1, 0.15) is 0 Å². The third-order valence-electron chi connectivity index (χ3n) is 1.93. The molecule has 0 spiro atoms. The van der Waals surface area contributed by atoms with E-state index in [1.54, 1.807) is 18.2 Å². The van der Waals surface area contributed by atoms with Gasteiger partial charge in [-0.1, -0.05) is 29.8 Å². The average Bonchev–Trinajstić information content (AvgIpc) is 2.29. The van der Waals surface area contributed by atoms with E-state index >= 15 is 0 Å². The zero-order valence-corrected chi connectivity index (χ0v) is 9.96. The zero-order valence-electron chi connectivity index (χ0n) is 8.39. The van der Waals surface area contributed by atoms with Crippen LogP contribution in [0, 0.1) is 0 Å². The van der Waals surface area contributed by atoms with Crippen LogP contribution in [0.5, 0.6) is 5.75 Å². The van der Waals surface area contributed by atoms with Crippen LogP contribution < -0.4 is 9.92 Å². The van der Waals surface area contributed by atoms with Gasteiger partial charge in [-0.15, -0.1) is 0 Å². The van der Waals surface area contributed by atoms with Crippen molar-refractivity contribution in [3.63, 3.8) is 0 Å². The van der Waals surface area contributed by atoms with Crippen LogP contribution in [0.4, 0.5) is 5.69 Å². The summed E-state index contributed by atoms with van der Waals surface area (Å²) in [5.41, 5.74) is 6.21. The third-order valence-corrected chi connectivity index (χ3v) is 2.95. The van der Waals surface area contributed by atoms with Gasteiger partial charge in [-0.25, -0.2) is 0 Å². The highest BCUT2D eigenvalue weighted by atomic mass is 35.5. The topological polar surface area (TPSA) is 35.2 Å². The monoisotopic (exact) mass is 251 g/mol. The molecule has 2 rings (SSSR count). The number of nitrogen functional groups attached to an aromatic ring is 1. The molecule has 2 nitrogen and oxygen atoms in total. The molecule has 82 valence electrons. The summed E-state index contributed by atoms with van der Waals surface area (Å²) in [6.07, 6.45) is 0. The van der Waals surface area contributed by atoms with E-state index in [4.69, 9.17) is 21.5 Å². The lowest BCUT2D eigenvalue weighted by atomic mass is 10.3. The molecule has 0 aromatic heterocycles. The summed E-state index contributed by atoms with van der Waals surface area (Å²) in [6, 6.07) is 15.0. The fraction of sp³-hybridized carbons (Fsp3) is 0. The molecular weight excluding hydrogens is 242 g/mol. The third kappa shape index (κ3) is 2.84. The molecule has 0 bridgehead atoms. The standard InChI is InChI=1S/C12H10ClNOS/c13-11-8-9(14)6-7-12(11)15-16-10-4-2-1-3-5-10/h1-8H,14H2. The Morgan fingerprint density at radius 2 is 1.81 bits per heavy atom. The predicted molar refractivity (Wildman–Crippen MR) is 68.8 cm³/mol. The van der Waals surface area contributed by atoms with Gasteiger partial charge in [-0.2, -0.15) is 0 Å². The second kappa shape index (κ2) is 5.14. The number of rotatable bonds is 3. The normalized spacial score (nSPS) is 10.1. The van der Waals surface area contributed by atoms with Crippen molar-refractivity contribution in [3.05, 3.63) is 53.6 Å². The summed E-state index contributed by atoms with van der Waals surface area (Å²) in [5, 5.41) is 0.517. The van der Waals surface area contributed by atoms with Crippen molar-refractivity contribution in [2.24, 2.45) is 0 Å². The van der Waals surface area contributed by atoms with E-state index in [0.717, 1.165) is 4.90 Å². The van der Waals surface area contributed by atoms with Crippen molar-refractivity contribution in [1.82, 2.24) is 0 Å². The lowest BCUT2D eigenvalue weighted by molar-refractivity contribution is 0.646. The first-order chi connectivity index (χ1) is 7.75. The summed E-state index contributed by atoms with van der Waals surface area (Å²) < 4.78 is 5.51. The highest BCUT2D eigenvalue weighted by molar-refractivity contribution is 7.95. The minimum Gasteiger partial charge on any atom is -0.419 e. The molecule has 2 N–H and O–H groups in total. The first kappa shape index (κ1) is 11.2. The minimum atomic E-state index is 0.517. The van der Waals surface area contributed by atoms with Gasteiger partial charge in [0.05, 0.1) is 17.1 Å². The molecule has 0 amide bonds. The van der Waals surface area contributed by atoms with E-state index in [1.165, 1.54) is 12.0 Å². The van der Waals surface area contributed by atoms with Gasteiger partial charge in [0.1, 0.15) is 0 Å². The van der Waals surface area contributed by atoms with Crippen LogP contribution in [0.2, 0.25) is 5.02 Å². The van der Waals surface area contributed by atoms with Crippen LogP contribution in [-0.4, -0.2) is 0 Å². The van der Waals surface area contributed by atoms with Crippen molar-refractivity contribution in [3.8, 4) is 5.75 Å². The van der Waals surface area contributed by atoms with Gasteiger partial charge in [-0.05, 0) is 30.3 Å².